The summed E-state index contributed by atoms with van der Waals surface area (Å²) in [6.45, 7) is 0.983. The van der Waals surface area contributed by atoms with Gasteiger partial charge in [-0.1, -0.05) is 18.2 Å². The maximum atomic E-state index is 11.8. The van der Waals surface area contributed by atoms with Crippen LogP contribution in [-0.2, 0) is 11.2 Å². The van der Waals surface area contributed by atoms with Crippen molar-refractivity contribution in [3.8, 4) is 0 Å². The van der Waals surface area contributed by atoms with Crippen molar-refractivity contribution in [1.82, 2.24) is 20.6 Å². The van der Waals surface area contributed by atoms with Crippen molar-refractivity contribution in [3.63, 3.8) is 0 Å². The van der Waals surface area contributed by atoms with Crippen molar-refractivity contribution >= 4 is 12.2 Å². The van der Waals surface area contributed by atoms with E-state index in [4.69, 9.17) is 0 Å². The molecule has 1 aromatic heterocycles. The lowest BCUT2D eigenvalue weighted by molar-refractivity contribution is -0.109. The Morgan fingerprint density at radius 1 is 1.29 bits per heavy atom. The van der Waals surface area contributed by atoms with Crippen LogP contribution in [-0.4, -0.2) is 41.3 Å². The Morgan fingerprint density at radius 3 is 2.76 bits per heavy atom. The Hall–Kier alpha value is -2.47. The lowest BCUT2D eigenvalue weighted by atomic mass is 10.2. The molecule has 0 bridgehead atoms. The van der Waals surface area contributed by atoms with Gasteiger partial charge in [0.25, 0.3) is 5.91 Å². The lowest BCUT2D eigenvalue weighted by Gasteiger charge is -2.12. The monoisotopic (exact) mass is 286 g/mol. The average Bonchev–Trinajstić information content (AvgIpc) is 3.04. The van der Waals surface area contributed by atoms with E-state index in [1.54, 1.807) is 24.7 Å². The number of rotatable bonds is 8. The number of carbonyl (C=O) groups is 2. The highest BCUT2D eigenvalue weighted by molar-refractivity contribution is 5.94. The van der Waals surface area contributed by atoms with Gasteiger partial charge in [-0.2, -0.15) is 0 Å². The summed E-state index contributed by atoms with van der Waals surface area (Å²) >= 11 is 0. The maximum absolute atomic E-state index is 11.8. The van der Waals surface area contributed by atoms with E-state index in [2.05, 4.69) is 20.6 Å². The van der Waals surface area contributed by atoms with Gasteiger partial charge in [0, 0.05) is 37.0 Å². The number of aldehydes is 1. The van der Waals surface area contributed by atoms with E-state index >= 15 is 0 Å². The molecule has 3 N–H and O–H groups in total. The van der Waals surface area contributed by atoms with Gasteiger partial charge >= 0.3 is 0 Å². The second-order valence-corrected chi connectivity index (χ2v) is 4.60. The quantitative estimate of drug-likeness (QED) is 0.488. The first-order chi connectivity index (χ1) is 10.3. The van der Waals surface area contributed by atoms with Crippen molar-refractivity contribution in [2.45, 2.75) is 12.5 Å². The number of hydrogen-bond acceptors (Lipinski definition) is 4. The smallest absolute Gasteiger partial charge is 0.251 e. The van der Waals surface area contributed by atoms with Crippen LogP contribution in [0.2, 0.25) is 0 Å². The number of carbonyl (C=O) groups excluding carboxylic acids is 2. The Labute approximate surface area is 123 Å². The van der Waals surface area contributed by atoms with Crippen LogP contribution in [0.1, 0.15) is 16.1 Å². The number of benzene rings is 1. The summed E-state index contributed by atoms with van der Waals surface area (Å²) in [7, 11) is 0. The fourth-order valence-electron chi connectivity index (χ4n) is 1.93. The largest absolute Gasteiger partial charge is 0.351 e. The molecule has 0 radical (unpaired) electrons. The highest BCUT2D eigenvalue weighted by Gasteiger charge is 2.09. The van der Waals surface area contributed by atoms with Gasteiger partial charge in [-0.25, -0.2) is 4.98 Å². The molecular weight excluding hydrogens is 268 g/mol. The second-order valence-electron chi connectivity index (χ2n) is 4.60. The van der Waals surface area contributed by atoms with E-state index in [9.17, 15) is 9.59 Å². The highest BCUT2D eigenvalue weighted by Crippen LogP contribution is 1.98. The first-order valence-electron chi connectivity index (χ1n) is 6.79. The van der Waals surface area contributed by atoms with Crippen LogP contribution < -0.4 is 10.6 Å². The lowest BCUT2D eigenvalue weighted by Crippen LogP contribution is -2.39. The van der Waals surface area contributed by atoms with Gasteiger partial charge in [-0.05, 0) is 12.1 Å². The summed E-state index contributed by atoms with van der Waals surface area (Å²) in [5.74, 6) is -0.117. The van der Waals surface area contributed by atoms with Gasteiger partial charge in [-0.3, -0.25) is 4.79 Å². The summed E-state index contributed by atoms with van der Waals surface area (Å²) in [5, 5.41) is 5.88. The molecule has 21 heavy (non-hydrogen) atoms. The minimum Gasteiger partial charge on any atom is -0.351 e. The number of imidazole rings is 1. The molecule has 6 nitrogen and oxygen atoms in total. The van der Waals surface area contributed by atoms with Gasteiger partial charge in [-0.15, -0.1) is 0 Å². The second kappa shape index (κ2) is 7.96. The highest BCUT2D eigenvalue weighted by atomic mass is 16.1. The maximum Gasteiger partial charge on any atom is 0.251 e. The minimum absolute atomic E-state index is 0.117. The van der Waals surface area contributed by atoms with E-state index in [-0.39, 0.29) is 11.9 Å². The van der Waals surface area contributed by atoms with E-state index in [0.717, 1.165) is 12.0 Å². The molecule has 1 atom stereocenters. The molecule has 1 aromatic carbocycles. The van der Waals surface area contributed by atoms with Crippen molar-refractivity contribution in [2.24, 2.45) is 0 Å². The summed E-state index contributed by atoms with van der Waals surface area (Å²) in [4.78, 5) is 29.6. The third-order valence-electron chi connectivity index (χ3n) is 3.01. The van der Waals surface area contributed by atoms with Crippen molar-refractivity contribution in [2.75, 3.05) is 13.1 Å². The van der Waals surface area contributed by atoms with Gasteiger partial charge in [0.05, 0.1) is 12.4 Å². The number of hydrogen-bond donors (Lipinski definition) is 3. The van der Waals surface area contributed by atoms with Crippen LogP contribution >= 0.6 is 0 Å². The first-order valence-corrected chi connectivity index (χ1v) is 6.79. The molecule has 2 rings (SSSR count). The van der Waals surface area contributed by atoms with Gasteiger partial charge in [0.1, 0.15) is 6.29 Å². The third-order valence-corrected chi connectivity index (χ3v) is 3.01. The number of aromatic nitrogens is 2. The van der Waals surface area contributed by atoms with Crippen LogP contribution in [0.4, 0.5) is 0 Å². The zero-order chi connectivity index (χ0) is 14.9. The van der Waals surface area contributed by atoms with E-state index in [1.165, 1.54) is 0 Å². The molecule has 6 heteroatoms. The standard InChI is InChI=1S/C15H18N4O2/c20-10-14(8-13-9-16-11-19-13)17-6-7-18-15(21)12-4-2-1-3-5-12/h1-5,9-11,14,17H,6-8H2,(H,16,19)(H,18,21)/t14-/m0/s1. The molecular formula is C15H18N4O2. The minimum atomic E-state index is -0.293. The molecule has 2 aromatic rings. The Balaban J connectivity index is 1.68. The van der Waals surface area contributed by atoms with Crippen molar-refractivity contribution in [3.05, 3.63) is 54.1 Å². The van der Waals surface area contributed by atoms with E-state index in [0.29, 0.717) is 25.1 Å². The molecule has 0 fully saturated rings. The van der Waals surface area contributed by atoms with Crippen LogP contribution in [0.15, 0.2) is 42.9 Å². The molecule has 0 unspecified atom stereocenters. The third kappa shape index (κ3) is 4.85. The van der Waals surface area contributed by atoms with Crippen LogP contribution in [0.25, 0.3) is 0 Å². The fraction of sp³-hybridized carbons (Fsp3) is 0.267. The number of H-pyrrole nitrogens is 1. The van der Waals surface area contributed by atoms with Crippen LogP contribution in [0.5, 0.6) is 0 Å². The normalized spacial score (nSPS) is 11.8. The molecule has 1 amide bonds. The van der Waals surface area contributed by atoms with Crippen LogP contribution in [0, 0.1) is 0 Å². The first kappa shape index (κ1) is 14.9. The molecule has 0 saturated carbocycles. The van der Waals surface area contributed by atoms with Crippen LogP contribution in [0.3, 0.4) is 0 Å². The molecule has 110 valence electrons. The molecule has 1 heterocycles. The molecule has 0 aliphatic rings. The zero-order valence-electron chi connectivity index (χ0n) is 11.6. The van der Waals surface area contributed by atoms with E-state index in [1.807, 2.05) is 18.2 Å². The number of aromatic amines is 1. The number of amides is 1. The molecule has 0 spiro atoms. The number of nitrogens with one attached hydrogen (secondary N) is 3. The predicted molar refractivity (Wildman–Crippen MR) is 78.9 cm³/mol. The van der Waals surface area contributed by atoms with Gasteiger partial charge in [0.2, 0.25) is 0 Å². The Morgan fingerprint density at radius 2 is 2.10 bits per heavy atom. The van der Waals surface area contributed by atoms with Gasteiger partial charge in [0.15, 0.2) is 0 Å². The summed E-state index contributed by atoms with van der Waals surface area (Å²) < 4.78 is 0. The fourth-order valence-corrected chi connectivity index (χ4v) is 1.93. The number of nitrogens with zero attached hydrogens (tertiary/aromatic N) is 1. The zero-order valence-corrected chi connectivity index (χ0v) is 11.6. The van der Waals surface area contributed by atoms with Crippen molar-refractivity contribution in [1.29, 1.82) is 0 Å². The Kier molecular flexibility index (Phi) is 5.66. The summed E-state index contributed by atoms with van der Waals surface area (Å²) in [6, 6.07) is 8.73. The molecule has 0 saturated heterocycles. The van der Waals surface area contributed by atoms with E-state index < -0.39 is 0 Å². The Bertz CT molecular complexity index is 554. The summed E-state index contributed by atoms with van der Waals surface area (Å²) in [6.07, 6.45) is 4.68. The topological polar surface area (TPSA) is 86.9 Å². The predicted octanol–water partition coefficient (Wildman–Crippen LogP) is 0.539. The SMILES string of the molecule is O=C[C@H](Cc1cnc[nH]1)NCCNC(=O)c1ccccc1. The van der Waals surface area contributed by atoms with Gasteiger partial charge < -0.3 is 20.4 Å². The summed E-state index contributed by atoms with van der Waals surface area (Å²) in [5.41, 5.74) is 1.52. The molecule has 0 aliphatic heterocycles. The van der Waals surface area contributed by atoms with Crippen molar-refractivity contribution < 1.29 is 9.59 Å². The molecule has 0 aliphatic carbocycles. The average molecular weight is 286 g/mol.